The highest BCUT2D eigenvalue weighted by atomic mass is 16.7. The quantitative estimate of drug-likeness (QED) is 0.541. The van der Waals surface area contributed by atoms with Crippen molar-refractivity contribution in [3.8, 4) is 0 Å². The molecule has 0 spiro atoms. The molecule has 1 aromatic rings. The fraction of sp³-hybridized carbons (Fsp3) is 0.111. The van der Waals surface area contributed by atoms with Crippen molar-refractivity contribution in [1.29, 1.82) is 0 Å². The molecule has 0 aliphatic carbocycles. The van der Waals surface area contributed by atoms with Crippen LogP contribution in [0, 0.1) is 0 Å². The van der Waals surface area contributed by atoms with E-state index in [9.17, 15) is 9.59 Å². The second-order valence-electron chi connectivity index (χ2n) is 2.54. The van der Waals surface area contributed by atoms with E-state index in [-0.39, 0.29) is 5.78 Å². The molecule has 13 heavy (non-hydrogen) atoms. The van der Waals surface area contributed by atoms with Gasteiger partial charge in [0, 0.05) is 5.56 Å². The summed E-state index contributed by atoms with van der Waals surface area (Å²) >= 11 is 0. The largest absolute Gasteiger partial charge is 0.370 e. The van der Waals surface area contributed by atoms with E-state index in [1.165, 1.54) is 19.1 Å². The maximum atomic E-state index is 10.9. The second kappa shape index (κ2) is 3.82. The first-order valence-electron chi connectivity index (χ1n) is 3.67. The number of ketones is 1. The smallest absolute Gasteiger partial charge is 0.356 e. The summed E-state index contributed by atoms with van der Waals surface area (Å²) in [5, 5.41) is 0. The zero-order chi connectivity index (χ0) is 9.84. The van der Waals surface area contributed by atoms with Crippen molar-refractivity contribution in [3.05, 3.63) is 35.4 Å². The van der Waals surface area contributed by atoms with Crippen LogP contribution in [0.15, 0.2) is 24.3 Å². The average Bonchev–Trinajstić information content (AvgIpc) is 2.17. The molecule has 0 heterocycles. The summed E-state index contributed by atoms with van der Waals surface area (Å²) < 4.78 is 0. The number of rotatable bonds is 2. The summed E-state index contributed by atoms with van der Waals surface area (Å²) in [6.45, 7) is 1.45. The highest BCUT2D eigenvalue weighted by Gasteiger charge is 2.05. The van der Waals surface area contributed by atoms with Crippen LogP contribution < -0.4 is 5.90 Å². The number of Topliss-reactive ketones (excluding diaryl/α,β-unsaturated/α-hetero) is 1. The lowest BCUT2D eigenvalue weighted by molar-refractivity contribution is 0.0503. The zero-order valence-corrected chi connectivity index (χ0v) is 7.11. The molecule has 0 radical (unpaired) electrons. The van der Waals surface area contributed by atoms with Crippen LogP contribution in [-0.4, -0.2) is 11.8 Å². The molecule has 2 N–H and O–H groups in total. The minimum absolute atomic E-state index is 0.0485. The van der Waals surface area contributed by atoms with Crippen molar-refractivity contribution in [2.45, 2.75) is 6.92 Å². The van der Waals surface area contributed by atoms with Gasteiger partial charge >= 0.3 is 5.97 Å². The Labute approximate surface area is 75.3 Å². The minimum Gasteiger partial charge on any atom is -0.370 e. The summed E-state index contributed by atoms with van der Waals surface area (Å²) in [7, 11) is 0. The first-order chi connectivity index (χ1) is 6.15. The molecule has 0 bridgehead atoms. The van der Waals surface area contributed by atoms with Crippen LogP contribution in [0.1, 0.15) is 27.6 Å². The molecule has 0 saturated carbocycles. The minimum atomic E-state index is -0.616. The first-order valence-corrected chi connectivity index (χ1v) is 3.67. The zero-order valence-electron chi connectivity index (χ0n) is 7.11. The standard InChI is InChI=1S/C9H9NO3/c1-6(11)7-2-4-8(5-3-7)9(12)13-10/h2-5H,10H2,1H3. The van der Waals surface area contributed by atoms with Gasteiger partial charge in [-0.3, -0.25) is 4.79 Å². The van der Waals surface area contributed by atoms with Gasteiger partial charge in [-0.2, -0.15) is 5.90 Å². The van der Waals surface area contributed by atoms with Crippen LogP contribution in [0.2, 0.25) is 0 Å². The Morgan fingerprint density at radius 3 is 2.00 bits per heavy atom. The van der Waals surface area contributed by atoms with Crippen molar-refractivity contribution in [2.75, 3.05) is 0 Å². The molecule has 0 fully saturated rings. The van der Waals surface area contributed by atoms with Gasteiger partial charge in [0.05, 0.1) is 5.56 Å². The van der Waals surface area contributed by atoms with Gasteiger partial charge in [0.25, 0.3) is 0 Å². The summed E-state index contributed by atoms with van der Waals surface area (Å²) in [4.78, 5) is 25.7. The van der Waals surface area contributed by atoms with Gasteiger partial charge in [0.2, 0.25) is 0 Å². The van der Waals surface area contributed by atoms with E-state index in [0.29, 0.717) is 11.1 Å². The van der Waals surface area contributed by atoms with E-state index in [1.54, 1.807) is 12.1 Å². The number of carbonyl (C=O) groups is 2. The van der Waals surface area contributed by atoms with Crippen molar-refractivity contribution < 1.29 is 14.4 Å². The van der Waals surface area contributed by atoms with Crippen LogP contribution >= 0.6 is 0 Å². The maximum absolute atomic E-state index is 10.9. The average molecular weight is 179 g/mol. The van der Waals surface area contributed by atoms with Gasteiger partial charge in [-0.05, 0) is 19.1 Å². The van der Waals surface area contributed by atoms with Crippen LogP contribution in [-0.2, 0) is 4.84 Å². The Hall–Kier alpha value is -1.68. The molecular formula is C9H9NO3. The Morgan fingerprint density at radius 2 is 1.62 bits per heavy atom. The van der Waals surface area contributed by atoms with Crippen molar-refractivity contribution >= 4 is 11.8 Å². The van der Waals surface area contributed by atoms with Crippen LogP contribution in [0.3, 0.4) is 0 Å². The molecule has 4 heteroatoms. The van der Waals surface area contributed by atoms with Crippen LogP contribution in [0.5, 0.6) is 0 Å². The van der Waals surface area contributed by atoms with Crippen molar-refractivity contribution in [2.24, 2.45) is 5.90 Å². The van der Waals surface area contributed by atoms with E-state index >= 15 is 0 Å². The second-order valence-corrected chi connectivity index (χ2v) is 2.54. The molecule has 0 aliphatic rings. The Morgan fingerprint density at radius 1 is 1.15 bits per heavy atom. The molecule has 4 nitrogen and oxygen atoms in total. The monoisotopic (exact) mass is 179 g/mol. The number of carbonyl (C=O) groups excluding carboxylic acids is 2. The third kappa shape index (κ3) is 2.13. The van der Waals surface area contributed by atoms with E-state index in [1.807, 2.05) is 0 Å². The maximum Gasteiger partial charge on any atom is 0.356 e. The summed E-state index contributed by atoms with van der Waals surface area (Å²) in [6, 6.07) is 6.08. The number of hydrogen-bond donors (Lipinski definition) is 1. The SMILES string of the molecule is CC(=O)c1ccc(C(=O)ON)cc1. The third-order valence-electron chi connectivity index (χ3n) is 1.63. The van der Waals surface area contributed by atoms with E-state index < -0.39 is 5.97 Å². The van der Waals surface area contributed by atoms with Gasteiger partial charge in [0.1, 0.15) is 0 Å². The topological polar surface area (TPSA) is 69.4 Å². The molecule has 1 rings (SSSR count). The highest BCUT2D eigenvalue weighted by molar-refractivity contribution is 5.95. The third-order valence-corrected chi connectivity index (χ3v) is 1.63. The molecule has 0 aliphatic heterocycles. The van der Waals surface area contributed by atoms with Gasteiger partial charge in [-0.25, -0.2) is 4.79 Å². The van der Waals surface area contributed by atoms with Gasteiger partial charge in [-0.15, -0.1) is 0 Å². The summed E-state index contributed by atoms with van der Waals surface area (Å²) in [5.74, 6) is 4.02. The molecule has 68 valence electrons. The predicted molar refractivity (Wildman–Crippen MR) is 46.0 cm³/mol. The molecule has 0 unspecified atom stereocenters. The molecular weight excluding hydrogens is 170 g/mol. The van der Waals surface area contributed by atoms with Gasteiger partial charge < -0.3 is 4.84 Å². The summed E-state index contributed by atoms with van der Waals surface area (Å²) in [5.41, 5.74) is 0.876. The Bertz CT molecular complexity index is 329. The highest BCUT2D eigenvalue weighted by Crippen LogP contribution is 2.05. The predicted octanol–water partition coefficient (Wildman–Crippen LogP) is 0.920. The summed E-state index contributed by atoms with van der Waals surface area (Å²) in [6.07, 6.45) is 0. The van der Waals surface area contributed by atoms with E-state index in [2.05, 4.69) is 10.7 Å². The molecule has 0 saturated heterocycles. The lowest BCUT2D eigenvalue weighted by Crippen LogP contribution is -2.10. The fourth-order valence-corrected chi connectivity index (χ4v) is 0.909. The fourth-order valence-electron chi connectivity index (χ4n) is 0.909. The van der Waals surface area contributed by atoms with E-state index in [4.69, 9.17) is 0 Å². The number of hydrogen-bond acceptors (Lipinski definition) is 4. The number of nitrogens with two attached hydrogens (primary N) is 1. The van der Waals surface area contributed by atoms with Crippen molar-refractivity contribution in [3.63, 3.8) is 0 Å². The Kier molecular flexibility index (Phi) is 2.76. The van der Waals surface area contributed by atoms with Crippen molar-refractivity contribution in [1.82, 2.24) is 0 Å². The molecule has 1 aromatic carbocycles. The van der Waals surface area contributed by atoms with E-state index in [0.717, 1.165) is 0 Å². The molecule has 0 atom stereocenters. The molecule has 0 amide bonds. The normalized spacial score (nSPS) is 9.38. The van der Waals surface area contributed by atoms with Crippen LogP contribution in [0.25, 0.3) is 0 Å². The molecule has 0 aromatic heterocycles. The lowest BCUT2D eigenvalue weighted by atomic mass is 10.1. The number of benzene rings is 1. The lowest BCUT2D eigenvalue weighted by Gasteiger charge is -1.98. The van der Waals surface area contributed by atoms with Crippen LogP contribution in [0.4, 0.5) is 0 Å². The Balaban J connectivity index is 2.93. The first kappa shape index (κ1) is 9.41. The van der Waals surface area contributed by atoms with Gasteiger partial charge in [0.15, 0.2) is 5.78 Å². The van der Waals surface area contributed by atoms with Gasteiger partial charge in [-0.1, -0.05) is 12.1 Å².